The van der Waals surface area contributed by atoms with Crippen LogP contribution in [0.5, 0.6) is 0 Å². The highest BCUT2D eigenvalue weighted by molar-refractivity contribution is 9.10. The third kappa shape index (κ3) is 5.23. The molecule has 12 heteroatoms. The summed E-state index contributed by atoms with van der Waals surface area (Å²) >= 11 is 3.88. The molecule has 1 aliphatic heterocycles. The number of benzene rings is 1. The number of anilines is 1. The zero-order chi connectivity index (χ0) is 21.0. The Morgan fingerprint density at radius 3 is 2.72 bits per heavy atom. The molecular formula is C17H11BrFN5O4S. The van der Waals surface area contributed by atoms with E-state index in [0.717, 1.165) is 11.8 Å². The number of carbonyl (C=O) groups is 3. The van der Waals surface area contributed by atoms with E-state index in [-0.39, 0.29) is 22.4 Å². The number of nitrogens with one attached hydrogen (secondary N) is 3. The largest absolute Gasteiger partial charge is 0.444 e. The molecule has 9 nitrogen and oxygen atoms in total. The normalized spacial score (nSPS) is 15.1. The quantitative estimate of drug-likeness (QED) is 0.618. The van der Waals surface area contributed by atoms with Gasteiger partial charge in [0.2, 0.25) is 5.91 Å². The van der Waals surface area contributed by atoms with Crippen molar-refractivity contribution in [2.45, 2.75) is 0 Å². The monoisotopic (exact) mass is 479 g/mol. The number of hydrogen-bond donors (Lipinski definition) is 3. The van der Waals surface area contributed by atoms with Gasteiger partial charge in [0.25, 0.3) is 5.91 Å². The molecule has 3 amide bonds. The minimum absolute atomic E-state index is 0.0178. The minimum Gasteiger partial charge on any atom is -0.444 e. The number of hydrogen-bond acceptors (Lipinski definition) is 6. The highest BCUT2D eigenvalue weighted by atomic mass is 79.9. The summed E-state index contributed by atoms with van der Waals surface area (Å²) in [6.45, 7) is 0. The van der Waals surface area contributed by atoms with Crippen molar-refractivity contribution in [1.29, 1.82) is 5.41 Å². The summed E-state index contributed by atoms with van der Waals surface area (Å²) in [5.41, 5.74) is -0.458. The lowest BCUT2D eigenvalue weighted by atomic mass is 10.3. The van der Waals surface area contributed by atoms with E-state index in [2.05, 4.69) is 36.5 Å². The molecule has 0 saturated carbocycles. The van der Waals surface area contributed by atoms with Crippen LogP contribution in [0.4, 0.5) is 10.1 Å². The number of para-hydroxylation sites is 1. The smallest absolute Gasteiger partial charge is 0.313 e. The van der Waals surface area contributed by atoms with Gasteiger partial charge in [-0.15, -0.1) is 0 Å². The van der Waals surface area contributed by atoms with E-state index < -0.39 is 35.1 Å². The van der Waals surface area contributed by atoms with Crippen molar-refractivity contribution < 1.29 is 23.2 Å². The molecule has 0 bridgehead atoms. The van der Waals surface area contributed by atoms with Crippen molar-refractivity contribution in [3.05, 3.63) is 52.6 Å². The molecular weight excluding hydrogens is 469 g/mol. The number of furan rings is 1. The van der Waals surface area contributed by atoms with Crippen LogP contribution < -0.4 is 10.6 Å². The van der Waals surface area contributed by atoms with E-state index in [4.69, 9.17) is 9.83 Å². The van der Waals surface area contributed by atoms with Crippen molar-refractivity contribution in [1.82, 2.24) is 5.32 Å². The van der Waals surface area contributed by atoms with Crippen molar-refractivity contribution in [3.63, 3.8) is 0 Å². The fraction of sp³-hybridized carbons (Fsp3) is 0.0588. The van der Waals surface area contributed by atoms with Crippen LogP contribution in [0.15, 0.2) is 55.5 Å². The Bertz CT molecular complexity index is 1080. The highest BCUT2D eigenvalue weighted by Gasteiger charge is 2.27. The second-order valence-electron chi connectivity index (χ2n) is 5.41. The molecule has 1 aromatic heterocycles. The molecule has 1 aliphatic rings. The molecule has 29 heavy (non-hydrogen) atoms. The third-order valence-corrected chi connectivity index (χ3v) is 4.66. The molecule has 2 heterocycles. The van der Waals surface area contributed by atoms with Crippen molar-refractivity contribution in [2.24, 2.45) is 9.98 Å². The van der Waals surface area contributed by atoms with E-state index in [1.807, 2.05) is 0 Å². The van der Waals surface area contributed by atoms with Gasteiger partial charge in [-0.3, -0.25) is 25.1 Å². The number of halogens is 2. The molecule has 2 aromatic rings. The molecule has 0 atom stereocenters. The fourth-order valence-corrected chi connectivity index (χ4v) is 3.05. The van der Waals surface area contributed by atoms with Crippen molar-refractivity contribution >= 4 is 67.8 Å². The van der Waals surface area contributed by atoms with E-state index >= 15 is 0 Å². The van der Waals surface area contributed by atoms with Crippen LogP contribution in [0, 0.1) is 11.2 Å². The average Bonchev–Trinajstić information content (AvgIpc) is 3.11. The maximum Gasteiger partial charge on any atom is 0.313 e. The summed E-state index contributed by atoms with van der Waals surface area (Å²) in [4.78, 5) is 43.5. The van der Waals surface area contributed by atoms with E-state index in [0.29, 0.717) is 4.67 Å². The summed E-state index contributed by atoms with van der Waals surface area (Å²) in [6.07, 6.45) is 0. The van der Waals surface area contributed by atoms with Gasteiger partial charge in [0.05, 0.1) is 11.4 Å². The predicted molar refractivity (Wildman–Crippen MR) is 109 cm³/mol. The predicted octanol–water partition coefficient (Wildman–Crippen LogP) is 2.60. The Morgan fingerprint density at radius 2 is 2.07 bits per heavy atom. The zero-order valence-electron chi connectivity index (χ0n) is 14.4. The summed E-state index contributed by atoms with van der Waals surface area (Å²) in [5.74, 6) is -3.61. The number of rotatable bonds is 4. The maximum atomic E-state index is 13.5. The number of nitrogens with zero attached hydrogens (tertiary/aromatic N) is 2. The lowest BCUT2D eigenvalue weighted by Gasteiger charge is -2.14. The molecule has 3 rings (SSSR count). The van der Waals surface area contributed by atoms with Gasteiger partial charge in [0, 0.05) is 0 Å². The minimum atomic E-state index is -0.846. The summed E-state index contributed by atoms with van der Waals surface area (Å²) in [6, 6.07) is 8.52. The van der Waals surface area contributed by atoms with Gasteiger partial charge in [0.15, 0.2) is 27.1 Å². The standard InChI is InChI=1S/C17H11BrFN5O4S/c18-11-6-5-10(28-11)15(26)22-13-14(20)23-17(24-16(13)27)29-7-12(25)21-9-4-2-1-3-8(9)19/h1-6H,7H2,(H,21,25)(H2,20,23,24,27). The molecule has 3 N–H and O–H groups in total. The number of thioether (sulfide) groups is 1. The Kier molecular flexibility index (Phi) is 6.34. The maximum absolute atomic E-state index is 13.5. The van der Waals surface area contributed by atoms with Crippen LogP contribution in [0.2, 0.25) is 0 Å². The highest BCUT2D eigenvalue weighted by Crippen LogP contribution is 2.16. The third-order valence-electron chi connectivity index (χ3n) is 3.36. The second kappa shape index (κ2) is 8.92. The summed E-state index contributed by atoms with van der Waals surface area (Å²) in [5, 5.41) is 12.5. The summed E-state index contributed by atoms with van der Waals surface area (Å²) < 4.78 is 18.9. The van der Waals surface area contributed by atoms with Gasteiger partial charge >= 0.3 is 5.91 Å². The molecule has 148 valence electrons. The number of amidine groups is 2. The van der Waals surface area contributed by atoms with Gasteiger partial charge < -0.3 is 9.73 Å². The van der Waals surface area contributed by atoms with Crippen LogP contribution in [0.3, 0.4) is 0 Å². The van der Waals surface area contributed by atoms with Crippen LogP contribution in [0.1, 0.15) is 10.6 Å². The number of amides is 3. The molecule has 0 fully saturated rings. The van der Waals surface area contributed by atoms with Crippen LogP contribution in [0.25, 0.3) is 0 Å². The molecule has 0 aliphatic carbocycles. The Balaban J connectivity index is 1.62. The first-order valence-corrected chi connectivity index (χ1v) is 9.66. The zero-order valence-corrected chi connectivity index (χ0v) is 16.8. The topological polar surface area (TPSA) is 137 Å². The molecule has 0 spiro atoms. The molecule has 0 radical (unpaired) electrons. The molecule has 0 unspecified atom stereocenters. The summed E-state index contributed by atoms with van der Waals surface area (Å²) in [7, 11) is 0. The molecule has 0 saturated heterocycles. The van der Waals surface area contributed by atoms with Crippen LogP contribution >= 0.6 is 27.7 Å². The van der Waals surface area contributed by atoms with Gasteiger partial charge in [-0.2, -0.15) is 4.99 Å². The average molecular weight is 480 g/mol. The molecule has 1 aromatic carbocycles. The lowest BCUT2D eigenvalue weighted by Crippen LogP contribution is -2.43. The fourth-order valence-electron chi connectivity index (χ4n) is 2.09. The first kappa shape index (κ1) is 20.6. The number of carbonyl (C=O) groups excluding carboxylic acids is 3. The number of aliphatic imine (C=N–C) groups is 2. The Morgan fingerprint density at radius 1 is 1.31 bits per heavy atom. The van der Waals surface area contributed by atoms with Gasteiger partial charge in [-0.05, 0) is 40.2 Å². The van der Waals surface area contributed by atoms with Crippen molar-refractivity contribution in [3.8, 4) is 0 Å². The second-order valence-corrected chi connectivity index (χ2v) is 7.15. The Labute approximate surface area is 175 Å². The SMILES string of the molecule is N=C1N=C(SCC(=O)Nc2ccccc2F)NC(=O)C1=NC(=O)c1ccc(Br)o1. The van der Waals surface area contributed by atoms with Gasteiger partial charge in [-0.1, -0.05) is 23.9 Å². The van der Waals surface area contributed by atoms with Gasteiger partial charge in [0.1, 0.15) is 5.82 Å². The Hall–Kier alpha value is -3.12. The first-order valence-electron chi connectivity index (χ1n) is 7.88. The lowest BCUT2D eigenvalue weighted by molar-refractivity contribution is -0.114. The van der Waals surface area contributed by atoms with Crippen LogP contribution in [-0.4, -0.2) is 40.2 Å². The van der Waals surface area contributed by atoms with E-state index in [9.17, 15) is 18.8 Å². The van der Waals surface area contributed by atoms with Crippen molar-refractivity contribution in [2.75, 3.05) is 11.1 Å². The first-order chi connectivity index (χ1) is 13.8. The van der Waals surface area contributed by atoms with Crippen LogP contribution in [-0.2, 0) is 9.59 Å². The van der Waals surface area contributed by atoms with E-state index in [1.54, 1.807) is 6.07 Å². The van der Waals surface area contributed by atoms with E-state index in [1.165, 1.54) is 30.3 Å². The van der Waals surface area contributed by atoms with Gasteiger partial charge in [-0.25, -0.2) is 9.38 Å².